The van der Waals surface area contributed by atoms with Crippen LogP contribution in [0.2, 0.25) is 0 Å². The molecule has 0 spiro atoms. The van der Waals surface area contributed by atoms with Crippen molar-refractivity contribution in [1.82, 2.24) is 4.72 Å². The molecular weight excluding hydrogens is 278 g/mol. The highest BCUT2D eigenvalue weighted by Gasteiger charge is 2.43. The molecule has 0 unspecified atom stereocenters. The molecular formula is C10H20BrNO2S. The van der Waals surface area contributed by atoms with Gasteiger partial charge in [-0.15, -0.1) is 0 Å². The number of alkyl halides is 1. The molecule has 1 fully saturated rings. The number of halogens is 1. The minimum atomic E-state index is -3.17. The van der Waals surface area contributed by atoms with E-state index in [-0.39, 0.29) is 5.41 Å². The average molecular weight is 298 g/mol. The molecule has 1 saturated carbocycles. The summed E-state index contributed by atoms with van der Waals surface area (Å²) in [6.07, 6.45) is 3.34. The molecule has 0 atom stereocenters. The number of hydrogen-bond acceptors (Lipinski definition) is 2. The first kappa shape index (κ1) is 13.5. The van der Waals surface area contributed by atoms with Crippen molar-refractivity contribution >= 4 is 26.0 Å². The molecule has 0 bridgehead atoms. The Labute approximate surface area is 101 Å². The van der Waals surface area contributed by atoms with Gasteiger partial charge in [0.25, 0.3) is 0 Å². The van der Waals surface area contributed by atoms with Crippen LogP contribution in [0.5, 0.6) is 0 Å². The van der Waals surface area contributed by atoms with Gasteiger partial charge in [0.2, 0.25) is 10.0 Å². The normalized spacial score (nSPS) is 20.3. The predicted octanol–water partition coefficient (Wildman–Crippen LogP) is 2.27. The van der Waals surface area contributed by atoms with Crippen LogP contribution in [0, 0.1) is 5.41 Å². The van der Waals surface area contributed by atoms with Gasteiger partial charge in [0.05, 0.1) is 4.75 Å². The fourth-order valence-electron chi connectivity index (χ4n) is 1.36. The second-order valence-corrected chi connectivity index (χ2v) is 8.69. The quantitative estimate of drug-likeness (QED) is 0.791. The summed E-state index contributed by atoms with van der Waals surface area (Å²) in [5.41, 5.74) is 0.238. The van der Waals surface area contributed by atoms with Gasteiger partial charge in [-0.1, -0.05) is 15.9 Å². The van der Waals surface area contributed by atoms with Gasteiger partial charge < -0.3 is 0 Å². The lowest BCUT2D eigenvalue weighted by molar-refractivity contribution is 0.471. The Morgan fingerprint density at radius 1 is 1.33 bits per heavy atom. The van der Waals surface area contributed by atoms with Crippen LogP contribution in [0.1, 0.15) is 40.0 Å². The Kier molecular flexibility index (Phi) is 3.89. The Morgan fingerprint density at radius 3 is 2.20 bits per heavy atom. The van der Waals surface area contributed by atoms with Crippen LogP contribution < -0.4 is 4.72 Å². The van der Waals surface area contributed by atoms with E-state index >= 15 is 0 Å². The van der Waals surface area contributed by atoms with Gasteiger partial charge in [-0.25, -0.2) is 13.1 Å². The highest BCUT2D eigenvalue weighted by molar-refractivity contribution is 9.09. The molecule has 0 aromatic rings. The van der Waals surface area contributed by atoms with Gasteiger partial charge in [0, 0.05) is 11.9 Å². The monoisotopic (exact) mass is 297 g/mol. The average Bonchev–Trinajstić information content (AvgIpc) is 2.81. The number of nitrogens with one attached hydrogen (secondary N) is 1. The summed E-state index contributed by atoms with van der Waals surface area (Å²) < 4.78 is 25.6. The third-order valence-corrected chi connectivity index (χ3v) is 5.56. The molecule has 5 heteroatoms. The van der Waals surface area contributed by atoms with Crippen molar-refractivity contribution in [2.24, 2.45) is 5.41 Å². The lowest BCUT2D eigenvalue weighted by Crippen LogP contribution is -2.41. The summed E-state index contributed by atoms with van der Waals surface area (Å²) >= 11 is 3.41. The zero-order valence-corrected chi connectivity index (χ0v) is 12.0. The standard InChI is InChI=1S/C10H20BrNO2S/c1-9(2,3)15(13,14)12-8-10(4-5-10)6-7-11/h12H,4-8H2,1-3H3. The topological polar surface area (TPSA) is 46.2 Å². The lowest BCUT2D eigenvalue weighted by Gasteiger charge is -2.22. The summed E-state index contributed by atoms with van der Waals surface area (Å²) in [6.45, 7) is 5.76. The highest BCUT2D eigenvalue weighted by atomic mass is 79.9. The molecule has 1 rings (SSSR count). The Hall–Kier alpha value is 0.390. The van der Waals surface area contributed by atoms with Crippen LogP contribution in [0.3, 0.4) is 0 Å². The maximum atomic E-state index is 11.8. The van der Waals surface area contributed by atoms with E-state index in [1.54, 1.807) is 20.8 Å². The second kappa shape index (κ2) is 4.34. The molecule has 0 aliphatic heterocycles. The maximum Gasteiger partial charge on any atom is 0.216 e. The molecule has 0 radical (unpaired) electrons. The Balaban J connectivity index is 2.51. The van der Waals surface area contributed by atoms with E-state index < -0.39 is 14.8 Å². The van der Waals surface area contributed by atoms with E-state index in [9.17, 15) is 8.42 Å². The van der Waals surface area contributed by atoms with Crippen LogP contribution in [0.15, 0.2) is 0 Å². The SMILES string of the molecule is CC(C)(C)S(=O)(=O)NCC1(CCBr)CC1. The molecule has 15 heavy (non-hydrogen) atoms. The van der Waals surface area contributed by atoms with Crippen molar-refractivity contribution in [3.05, 3.63) is 0 Å². The summed E-state index contributed by atoms with van der Waals surface area (Å²) in [7, 11) is -3.17. The largest absolute Gasteiger partial charge is 0.216 e. The van der Waals surface area contributed by atoms with E-state index in [1.807, 2.05) is 0 Å². The summed E-state index contributed by atoms with van der Waals surface area (Å²) in [5, 5.41) is 0.949. The third kappa shape index (κ3) is 3.43. The predicted molar refractivity (Wildman–Crippen MR) is 66.8 cm³/mol. The molecule has 1 aliphatic rings. The second-order valence-electron chi connectivity index (χ2n) is 5.38. The molecule has 0 aromatic carbocycles. The first-order valence-electron chi connectivity index (χ1n) is 5.28. The van der Waals surface area contributed by atoms with Crippen molar-refractivity contribution in [3.63, 3.8) is 0 Å². The summed E-state index contributed by atoms with van der Waals surface area (Å²) in [6, 6.07) is 0. The Bertz CT molecular complexity index is 315. The molecule has 3 nitrogen and oxygen atoms in total. The summed E-state index contributed by atoms with van der Waals surface area (Å²) in [4.78, 5) is 0. The van der Waals surface area contributed by atoms with E-state index in [2.05, 4.69) is 20.7 Å². The minimum Gasteiger partial charge on any atom is -0.214 e. The van der Waals surface area contributed by atoms with Crippen LogP contribution in [-0.4, -0.2) is 25.0 Å². The molecule has 0 amide bonds. The molecule has 0 saturated heterocycles. The van der Waals surface area contributed by atoms with Gasteiger partial charge in [0.15, 0.2) is 0 Å². The van der Waals surface area contributed by atoms with E-state index in [4.69, 9.17) is 0 Å². The molecule has 1 aliphatic carbocycles. The summed E-state index contributed by atoms with van der Waals surface area (Å²) in [5.74, 6) is 0. The number of rotatable bonds is 5. The fraction of sp³-hybridized carbons (Fsp3) is 1.00. The van der Waals surface area contributed by atoms with Gasteiger partial charge in [-0.05, 0) is 45.4 Å². The first-order chi connectivity index (χ1) is 6.72. The fourth-order valence-corrected chi connectivity index (χ4v) is 3.13. The van der Waals surface area contributed by atoms with Crippen LogP contribution >= 0.6 is 15.9 Å². The van der Waals surface area contributed by atoms with Crippen LogP contribution in [-0.2, 0) is 10.0 Å². The zero-order valence-electron chi connectivity index (χ0n) is 9.64. The van der Waals surface area contributed by atoms with Gasteiger partial charge in [0.1, 0.15) is 0 Å². The van der Waals surface area contributed by atoms with E-state index in [0.29, 0.717) is 6.54 Å². The van der Waals surface area contributed by atoms with E-state index in [1.165, 1.54) is 0 Å². The molecule has 0 heterocycles. The number of hydrogen-bond donors (Lipinski definition) is 1. The van der Waals surface area contributed by atoms with Crippen molar-refractivity contribution in [2.75, 3.05) is 11.9 Å². The zero-order chi connectivity index (χ0) is 11.7. The third-order valence-electron chi connectivity index (χ3n) is 3.03. The molecule has 1 N–H and O–H groups in total. The lowest BCUT2D eigenvalue weighted by atomic mass is 10.1. The highest BCUT2D eigenvalue weighted by Crippen LogP contribution is 2.48. The van der Waals surface area contributed by atoms with Crippen molar-refractivity contribution in [3.8, 4) is 0 Å². The maximum absolute atomic E-state index is 11.8. The van der Waals surface area contributed by atoms with Crippen molar-refractivity contribution < 1.29 is 8.42 Å². The first-order valence-corrected chi connectivity index (χ1v) is 7.88. The van der Waals surface area contributed by atoms with Crippen LogP contribution in [0.4, 0.5) is 0 Å². The smallest absolute Gasteiger partial charge is 0.214 e. The van der Waals surface area contributed by atoms with Gasteiger partial charge >= 0.3 is 0 Å². The Morgan fingerprint density at radius 2 is 1.87 bits per heavy atom. The van der Waals surface area contributed by atoms with Crippen molar-refractivity contribution in [1.29, 1.82) is 0 Å². The molecule has 0 aromatic heterocycles. The molecule has 90 valence electrons. The van der Waals surface area contributed by atoms with Gasteiger partial charge in [-0.2, -0.15) is 0 Å². The van der Waals surface area contributed by atoms with Gasteiger partial charge in [-0.3, -0.25) is 0 Å². The number of sulfonamides is 1. The van der Waals surface area contributed by atoms with E-state index in [0.717, 1.165) is 24.6 Å². The van der Waals surface area contributed by atoms with Crippen LogP contribution in [0.25, 0.3) is 0 Å². The minimum absolute atomic E-state index is 0.238. The van der Waals surface area contributed by atoms with Crippen molar-refractivity contribution in [2.45, 2.75) is 44.8 Å².